The first-order chi connectivity index (χ1) is 8.69. The van der Waals surface area contributed by atoms with Gasteiger partial charge in [-0.05, 0) is 37.3 Å². The minimum atomic E-state index is 0.263. The van der Waals surface area contributed by atoms with Gasteiger partial charge in [-0.25, -0.2) is 0 Å². The number of anilines is 1. The lowest BCUT2D eigenvalue weighted by Gasteiger charge is -2.17. The zero-order chi connectivity index (χ0) is 13.0. The van der Waals surface area contributed by atoms with Gasteiger partial charge < -0.3 is 14.5 Å². The van der Waals surface area contributed by atoms with Gasteiger partial charge in [0, 0.05) is 16.9 Å². The fourth-order valence-electron chi connectivity index (χ4n) is 1.84. The second-order valence-corrected chi connectivity index (χ2v) is 5.09. The van der Waals surface area contributed by atoms with Gasteiger partial charge in [-0.3, -0.25) is 0 Å². The summed E-state index contributed by atoms with van der Waals surface area (Å²) in [4.78, 5) is 0. The Balaban J connectivity index is 2.06. The minimum Gasteiger partial charge on any atom is -0.495 e. The van der Waals surface area contributed by atoms with E-state index in [4.69, 9.17) is 9.15 Å². The van der Waals surface area contributed by atoms with Crippen molar-refractivity contribution in [3.63, 3.8) is 0 Å². The lowest BCUT2D eigenvalue weighted by atomic mass is 10.2. The summed E-state index contributed by atoms with van der Waals surface area (Å²) in [7, 11) is 1.67. The number of ether oxygens (including phenoxy) is 1. The topological polar surface area (TPSA) is 34.4 Å². The molecule has 1 atom stereocenters. The van der Waals surface area contributed by atoms with E-state index in [1.807, 2.05) is 30.3 Å². The molecule has 2 aromatic rings. The average Bonchev–Trinajstić information content (AvgIpc) is 2.82. The van der Waals surface area contributed by atoms with Crippen LogP contribution in [0.15, 0.2) is 45.5 Å². The summed E-state index contributed by atoms with van der Waals surface area (Å²) >= 11 is 3.46. The number of methoxy groups -OCH3 is 1. The van der Waals surface area contributed by atoms with Gasteiger partial charge in [-0.1, -0.05) is 15.9 Å². The quantitative estimate of drug-likeness (QED) is 0.903. The van der Waals surface area contributed by atoms with E-state index in [0.29, 0.717) is 0 Å². The van der Waals surface area contributed by atoms with Crippen molar-refractivity contribution >= 4 is 21.6 Å². The molecule has 2 rings (SSSR count). The van der Waals surface area contributed by atoms with Crippen molar-refractivity contribution in [3.8, 4) is 5.75 Å². The lowest BCUT2D eigenvalue weighted by Crippen LogP contribution is -2.18. The third kappa shape index (κ3) is 3.29. The van der Waals surface area contributed by atoms with Gasteiger partial charge in [0.05, 0.1) is 19.1 Å². The third-order valence-corrected chi connectivity index (χ3v) is 3.14. The Kier molecular flexibility index (Phi) is 4.31. The third-order valence-electron chi connectivity index (χ3n) is 2.65. The van der Waals surface area contributed by atoms with Crippen LogP contribution in [0.1, 0.15) is 12.7 Å². The summed E-state index contributed by atoms with van der Waals surface area (Å²) < 4.78 is 11.7. The van der Waals surface area contributed by atoms with Crippen LogP contribution in [0.2, 0.25) is 0 Å². The molecule has 1 aromatic carbocycles. The Morgan fingerprint density at radius 2 is 2.22 bits per heavy atom. The van der Waals surface area contributed by atoms with E-state index >= 15 is 0 Å². The predicted molar refractivity (Wildman–Crippen MR) is 76.2 cm³/mol. The standard InChI is InChI=1S/C14H16BrNO2/c1-10(8-12-4-3-7-18-12)16-13-9-11(15)5-6-14(13)17-2/h3-7,9-10,16H,8H2,1-2H3. The fraction of sp³-hybridized carbons (Fsp3) is 0.286. The van der Waals surface area contributed by atoms with Crippen LogP contribution in [-0.2, 0) is 6.42 Å². The van der Waals surface area contributed by atoms with Crippen molar-refractivity contribution in [1.82, 2.24) is 0 Å². The van der Waals surface area contributed by atoms with Gasteiger partial charge in [0.2, 0.25) is 0 Å². The van der Waals surface area contributed by atoms with E-state index < -0.39 is 0 Å². The first-order valence-corrected chi connectivity index (χ1v) is 6.61. The molecule has 0 bridgehead atoms. The predicted octanol–water partition coefficient (Wildman–Crippen LogP) is 4.09. The molecular formula is C14H16BrNO2. The van der Waals surface area contributed by atoms with Crippen LogP contribution in [0.3, 0.4) is 0 Å². The maximum Gasteiger partial charge on any atom is 0.142 e. The van der Waals surface area contributed by atoms with Crippen molar-refractivity contribution in [3.05, 3.63) is 46.8 Å². The van der Waals surface area contributed by atoms with Crippen molar-refractivity contribution in [2.24, 2.45) is 0 Å². The highest BCUT2D eigenvalue weighted by atomic mass is 79.9. The van der Waals surface area contributed by atoms with Crippen LogP contribution in [0.5, 0.6) is 5.75 Å². The van der Waals surface area contributed by atoms with E-state index in [9.17, 15) is 0 Å². The largest absolute Gasteiger partial charge is 0.495 e. The first kappa shape index (κ1) is 13.0. The van der Waals surface area contributed by atoms with Gasteiger partial charge in [-0.2, -0.15) is 0 Å². The molecule has 96 valence electrons. The number of furan rings is 1. The summed E-state index contributed by atoms with van der Waals surface area (Å²) in [5, 5.41) is 3.43. The minimum absolute atomic E-state index is 0.263. The van der Waals surface area contributed by atoms with Gasteiger partial charge in [-0.15, -0.1) is 0 Å². The fourth-order valence-corrected chi connectivity index (χ4v) is 2.20. The van der Waals surface area contributed by atoms with Crippen LogP contribution in [-0.4, -0.2) is 13.2 Å². The molecule has 3 nitrogen and oxygen atoms in total. The number of halogens is 1. The molecule has 0 aliphatic rings. The van der Waals surface area contributed by atoms with E-state index in [1.54, 1.807) is 13.4 Å². The maximum atomic E-state index is 5.34. The molecule has 0 fully saturated rings. The maximum absolute atomic E-state index is 5.34. The molecular weight excluding hydrogens is 294 g/mol. The zero-order valence-corrected chi connectivity index (χ0v) is 12.0. The van der Waals surface area contributed by atoms with Gasteiger partial charge >= 0.3 is 0 Å². The summed E-state index contributed by atoms with van der Waals surface area (Å²) in [5.74, 6) is 1.81. The molecule has 1 aromatic heterocycles. The molecule has 1 N–H and O–H groups in total. The molecule has 4 heteroatoms. The average molecular weight is 310 g/mol. The molecule has 0 saturated heterocycles. The summed E-state index contributed by atoms with van der Waals surface area (Å²) in [5.41, 5.74) is 0.978. The highest BCUT2D eigenvalue weighted by molar-refractivity contribution is 9.10. The van der Waals surface area contributed by atoms with Crippen LogP contribution in [0.4, 0.5) is 5.69 Å². The van der Waals surface area contributed by atoms with E-state index in [1.165, 1.54) is 0 Å². The first-order valence-electron chi connectivity index (χ1n) is 5.81. The van der Waals surface area contributed by atoms with Crippen LogP contribution in [0, 0.1) is 0 Å². The molecule has 1 unspecified atom stereocenters. The van der Waals surface area contributed by atoms with Crippen molar-refractivity contribution in [2.75, 3.05) is 12.4 Å². The Morgan fingerprint density at radius 1 is 1.39 bits per heavy atom. The monoisotopic (exact) mass is 309 g/mol. The summed E-state index contributed by atoms with van der Waals surface area (Å²) in [6.45, 7) is 2.11. The van der Waals surface area contributed by atoms with Crippen LogP contribution >= 0.6 is 15.9 Å². The normalized spacial score (nSPS) is 12.2. The van der Waals surface area contributed by atoms with Crippen molar-refractivity contribution in [1.29, 1.82) is 0 Å². The second-order valence-electron chi connectivity index (χ2n) is 4.17. The molecule has 0 spiro atoms. The summed E-state index contributed by atoms with van der Waals surface area (Å²) in [6, 6.07) is 10.1. The summed E-state index contributed by atoms with van der Waals surface area (Å²) in [6.07, 6.45) is 2.53. The molecule has 0 radical (unpaired) electrons. The second kappa shape index (κ2) is 5.96. The SMILES string of the molecule is COc1ccc(Br)cc1NC(C)Cc1ccco1. The molecule has 0 saturated carbocycles. The molecule has 0 aliphatic heterocycles. The number of nitrogens with one attached hydrogen (secondary N) is 1. The van der Waals surface area contributed by atoms with E-state index in [-0.39, 0.29) is 6.04 Å². The molecule has 0 amide bonds. The number of hydrogen-bond donors (Lipinski definition) is 1. The highest BCUT2D eigenvalue weighted by Gasteiger charge is 2.09. The van der Waals surface area contributed by atoms with Gasteiger partial charge in [0.1, 0.15) is 11.5 Å². The van der Waals surface area contributed by atoms with E-state index in [0.717, 1.165) is 28.1 Å². The Morgan fingerprint density at radius 3 is 2.89 bits per heavy atom. The van der Waals surface area contributed by atoms with Crippen LogP contribution in [0.25, 0.3) is 0 Å². The smallest absolute Gasteiger partial charge is 0.142 e. The van der Waals surface area contributed by atoms with Crippen molar-refractivity contribution < 1.29 is 9.15 Å². The van der Waals surface area contributed by atoms with E-state index in [2.05, 4.69) is 28.2 Å². The van der Waals surface area contributed by atoms with Gasteiger partial charge in [0.25, 0.3) is 0 Å². The number of hydrogen-bond acceptors (Lipinski definition) is 3. The zero-order valence-electron chi connectivity index (χ0n) is 10.4. The Labute approximate surface area is 115 Å². The van der Waals surface area contributed by atoms with Gasteiger partial charge in [0.15, 0.2) is 0 Å². The highest BCUT2D eigenvalue weighted by Crippen LogP contribution is 2.28. The molecule has 1 heterocycles. The number of benzene rings is 1. The lowest BCUT2D eigenvalue weighted by molar-refractivity contribution is 0.415. The Hall–Kier alpha value is -1.42. The molecule has 0 aliphatic carbocycles. The Bertz CT molecular complexity index is 497. The molecule has 18 heavy (non-hydrogen) atoms. The van der Waals surface area contributed by atoms with Crippen molar-refractivity contribution in [2.45, 2.75) is 19.4 Å². The number of rotatable bonds is 5. The van der Waals surface area contributed by atoms with Crippen LogP contribution < -0.4 is 10.1 Å².